The van der Waals surface area contributed by atoms with E-state index in [4.69, 9.17) is 19.9 Å². The summed E-state index contributed by atoms with van der Waals surface area (Å²) in [6, 6.07) is 7.85. The molecule has 1 unspecified atom stereocenters. The number of rotatable bonds is 1. The lowest BCUT2D eigenvalue weighted by Crippen LogP contribution is -2.63. The summed E-state index contributed by atoms with van der Waals surface area (Å²) in [5.74, 6) is -3.51. The third-order valence-electron chi connectivity index (χ3n) is 5.41. The van der Waals surface area contributed by atoms with Crippen LogP contribution in [0.2, 0.25) is 0 Å². The van der Waals surface area contributed by atoms with Crippen LogP contribution in [0.5, 0.6) is 5.75 Å². The fraction of sp³-hybridized carbons (Fsp3) is 0.368. The van der Waals surface area contributed by atoms with E-state index in [1.165, 1.54) is 12.3 Å². The zero-order valence-corrected chi connectivity index (χ0v) is 14.6. The Morgan fingerprint density at radius 3 is 2.79 bits per heavy atom. The second kappa shape index (κ2) is 5.84. The lowest BCUT2D eigenvalue weighted by molar-refractivity contribution is -0.226. The molecule has 2 N–H and O–H groups in total. The normalized spacial score (nSPS) is 30.0. The van der Waals surface area contributed by atoms with Crippen molar-refractivity contribution in [1.82, 2.24) is 4.98 Å². The Hall–Kier alpha value is -2.81. The van der Waals surface area contributed by atoms with Gasteiger partial charge in [0, 0.05) is 23.7 Å². The van der Waals surface area contributed by atoms with Gasteiger partial charge >= 0.3 is 0 Å². The fourth-order valence-electron chi connectivity index (χ4n) is 4.07. The molecule has 6 nitrogen and oxygen atoms in total. The summed E-state index contributed by atoms with van der Waals surface area (Å²) in [4.78, 5) is 8.01. The van der Waals surface area contributed by atoms with Gasteiger partial charge in [0.1, 0.15) is 18.5 Å². The molecule has 1 spiro atoms. The summed E-state index contributed by atoms with van der Waals surface area (Å²) >= 11 is 0. The molecule has 3 atom stereocenters. The van der Waals surface area contributed by atoms with Crippen LogP contribution in [0.4, 0.5) is 13.2 Å². The molecule has 0 radical (unpaired) electrons. The smallest absolute Gasteiger partial charge is 0.289 e. The molecule has 9 heteroatoms. The monoisotopic (exact) mass is 391 g/mol. The van der Waals surface area contributed by atoms with Gasteiger partial charge in [0.25, 0.3) is 11.9 Å². The lowest BCUT2D eigenvalue weighted by atomic mass is 9.76. The van der Waals surface area contributed by atoms with E-state index in [0.717, 1.165) is 0 Å². The van der Waals surface area contributed by atoms with Crippen LogP contribution in [0, 0.1) is 5.95 Å². The molecule has 1 aromatic heterocycles. The molecule has 0 amide bonds. The average molecular weight is 391 g/mol. The fourth-order valence-corrected chi connectivity index (χ4v) is 4.07. The van der Waals surface area contributed by atoms with Crippen molar-refractivity contribution in [3.8, 4) is 16.9 Å². The summed E-state index contributed by atoms with van der Waals surface area (Å²) < 4.78 is 60.0. The van der Waals surface area contributed by atoms with Crippen LogP contribution >= 0.6 is 0 Å². The van der Waals surface area contributed by atoms with Crippen molar-refractivity contribution in [1.29, 1.82) is 0 Å². The van der Waals surface area contributed by atoms with E-state index in [1.807, 2.05) is 0 Å². The third-order valence-corrected chi connectivity index (χ3v) is 5.41. The zero-order chi connectivity index (χ0) is 19.5. The first-order chi connectivity index (χ1) is 13.4. The van der Waals surface area contributed by atoms with Crippen molar-refractivity contribution in [2.45, 2.75) is 30.1 Å². The Balaban J connectivity index is 1.70. The minimum absolute atomic E-state index is 0.0641. The molecule has 0 saturated carbocycles. The molecule has 0 aliphatic carbocycles. The van der Waals surface area contributed by atoms with Gasteiger partial charge in [-0.25, -0.2) is 18.8 Å². The first kappa shape index (κ1) is 17.3. The second-order valence-corrected chi connectivity index (χ2v) is 7.06. The summed E-state index contributed by atoms with van der Waals surface area (Å²) in [5.41, 5.74) is 5.69. The quantitative estimate of drug-likeness (QED) is 0.756. The number of alkyl halides is 2. The summed E-state index contributed by atoms with van der Waals surface area (Å²) in [5, 5.41) is 0. The number of fused-ring (bicyclic) bond motifs is 4. The van der Waals surface area contributed by atoms with Gasteiger partial charge in [-0.05, 0) is 29.8 Å². The minimum atomic E-state index is -3.09. The largest absolute Gasteiger partial charge is 0.481 e. The van der Waals surface area contributed by atoms with Gasteiger partial charge in [-0.15, -0.1) is 0 Å². The highest BCUT2D eigenvalue weighted by molar-refractivity contribution is 5.75. The van der Waals surface area contributed by atoms with Crippen molar-refractivity contribution in [3.63, 3.8) is 0 Å². The average Bonchev–Trinajstić information content (AvgIpc) is 3.05. The van der Waals surface area contributed by atoms with E-state index in [2.05, 4.69) is 9.98 Å². The predicted molar refractivity (Wildman–Crippen MR) is 92.6 cm³/mol. The maximum atomic E-state index is 14.6. The number of ether oxygens (including phenoxy) is 3. The van der Waals surface area contributed by atoms with E-state index in [9.17, 15) is 13.2 Å². The van der Waals surface area contributed by atoms with Crippen molar-refractivity contribution in [3.05, 3.63) is 48.0 Å². The molecule has 2 aromatic rings. The number of nitrogens with two attached hydrogens (primary N) is 1. The number of benzene rings is 1. The number of hydrogen-bond acceptors (Lipinski definition) is 6. The molecule has 3 aliphatic heterocycles. The molecule has 3 aliphatic rings. The first-order valence-electron chi connectivity index (χ1n) is 8.80. The van der Waals surface area contributed by atoms with E-state index < -0.39 is 36.0 Å². The van der Waals surface area contributed by atoms with Gasteiger partial charge in [0.2, 0.25) is 5.95 Å². The number of amidine groups is 1. The minimum Gasteiger partial charge on any atom is -0.481 e. The Labute approximate surface area is 158 Å². The van der Waals surface area contributed by atoms with E-state index in [0.29, 0.717) is 11.1 Å². The van der Waals surface area contributed by atoms with Crippen LogP contribution in [-0.4, -0.2) is 42.3 Å². The molecule has 28 heavy (non-hydrogen) atoms. The topological polar surface area (TPSA) is 79.0 Å². The molecule has 4 heterocycles. The summed E-state index contributed by atoms with van der Waals surface area (Å²) in [7, 11) is 0. The van der Waals surface area contributed by atoms with E-state index in [1.54, 1.807) is 24.3 Å². The van der Waals surface area contributed by atoms with Gasteiger partial charge in [-0.2, -0.15) is 4.39 Å². The van der Waals surface area contributed by atoms with Crippen LogP contribution < -0.4 is 10.5 Å². The lowest BCUT2D eigenvalue weighted by Gasteiger charge is -2.48. The van der Waals surface area contributed by atoms with Gasteiger partial charge in [-0.1, -0.05) is 6.07 Å². The van der Waals surface area contributed by atoms with Crippen molar-refractivity contribution < 1.29 is 27.4 Å². The number of aliphatic imine (C=N–C) groups is 1. The molecule has 146 valence electrons. The van der Waals surface area contributed by atoms with Crippen LogP contribution in [0.1, 0.15) is 12.0 Å². The SMILES string of the molecule is NC1=N[C@@]2(CO1)c1cc(-c3cccnc3F)ccc1OC1[C@@H]2OCCC1(F)F. The maximum absolute atomic E-state index is 14.6. The predicted octanol–water partition coefficient (Wildman–Crippen LogP) is 2.61. The zero-order valence-electron chi connectivity index (χ0n) is 14.6. The second-order valence-electron chi connectivity index (χ2n) is 7.06. The Bertz CT molecular complexity index is 984. The van der Waals surface area contributed by atoms with Crippen LogP contribution in [0.3, 0.4) is 0 Å². The van der Waals surface area contributed by atoms with Crippen LogP contribution in [0.25, 0.3) is 11.1 Å². The summed E-state index contributed by atoms with van der Waals surface area (Å²) in [6.07, 6.45) is -1.70. The Morgan fingerprint density at radius 1 is 1.18 bits per heavy atom. The molecule has 0 bridgehead atoms. The molecular weight excluding hydrogens is 375 g/mol. The number of halogens is 3. The van der Waals surface area contributed by atoms with Gasteiger partial charge in [0.05, 0.1) is 6.61 Å². The van der Waals surface area contributed by atoms with Crippen LogP contribution in [-0.2, 0) is 15.0 Å². The molecule has 1 aromatic carbocycles. The maximum Gasteiger partial charge on any atom is 0.289 e. The molecular formula is C19H16F3N3O3. The third kappa shape index (κ3) is 2.39. The molecule has 1 saturated heterocycles. The van der Waals surface area contributed by atoms with E-state index >= 15 is 0 Å². The number of hydrogen-bond donors (Lipinski definition) is 1. The highest BCUT2D eigenvalue weighted by atomic mass is 19.3. The van der Waals surface area contributed by atoms with E-state index in [-0.39, 0.29) is 30.5 Å². The van der Waals surface area contributed by atoms with Crippen LogP contribution in [0.15, 0.2) is 41.5 Å². The highest BCUT2D eigenvalue weighted by Gasteiger charge is 2.63. The number of aromatic nitrogens is 1. The number of nitrogens with zero attached hydrogens (tertiary/aromatic N) is 2. The Kier molecular flexibility index (Phi) is 3.61. The summed E-state index contributed by atoms with van der Waals surface area (Å²) in [6.45, 7) is -0.202. The first-order valence-corrected chi connectivity index (χ1v) is 8.80. The molecule has 5 rings (SSSR count). The van der Waals surface area contributed by atoms with Gasteiger partial charge in [-0.3, -0.25) is 0 Å². The standard InChI is InChI=1S/C19H16F3N3O3/c20-16-11(2-1-6-24-16)10-3-4-13-12(8-10)18(9-27-17(23)25-18)14-15(28-13)19(21,22)5-7-26-14/h1-4,6,8,14-15H,5,7,9H2,(H2,23,25)/t14-,15?,18-/m0/s1. The molecule has 1 fully saturated rings. The number of pyridine rings is 1. The van der Waals surface area contributed by atoms with Gasteiger partial charge < -0.3 is 19.9 Å². The van der Waals surface area contributed by atoms with Crippen molar-refractivity contribution in [2.75, 3.05) is 13.2 Å². The van der Waals surface area contributed by atoms with Crippen molar-refractivity contribution >= 4 is 6.02 Å². The van der Waals surface area contributed by atoms with Crippen molar-refractivity contribution in [2.24, 2.45) is 10.7 Å². The Morgan fingerprint density at radius 2 is 2.04 bits per heavy atom. The van der Waals surface area contributed by atoms with Gasteiger partial charge in [0.15, 0.2) is 11.6 Å². The highest BCUT2D eigenvalue weighted by Crippen LogP contribution is 2.51.